The molecule has 0 aromatic heterocycles. The maximum atomic E-state index is 11.2. The molecule has 0 unspecified atom stereocenters. The van der Waals surface area contributed by atoms with Gasteiger partial charge in [-0.15, -0.1) is 0 Å². The Hall–Kier alpha value is -0.390. The molecule has 0 bridgehead atoms. The molecule has 0 spiro atoms. The van der Waals surface area contributed by atoms with Crippen molar-refractivity contribution in [2.24, 2.45) is 0 Å². The van der Waals surface area contributed by atoms with Gasteiger partial charge in [-0.25, -0.2) is 8.42 Å². The van der Waals surface area contributed by atoms with Crippen LogP contribution in [-0.4, -0.2) is 33.5 Å². The van der Waals surface area contributed by atoms with Crippen LogP contribution in [0.3, 0.4) is 0 Å². The maximum Gasteiger partial charge on any atom is 0.147 e. The van der Waals surface area contributed by atoms with Crippen molar-refractivity contribution in [3.05, 3.63) is 34.3 Å². The standard InChI is InChI=1S/C13H18BrNO2S/c1-18(16,17)8-2-7-13(9-15-10-13)11-3-5-12(14)6-4-11/h3-6,15H,2,7-10H2,1H3. The molecule has 1 fully saturated rings. The number of nitrogens with one attached hydrogen (secondary N) is 1. The normalized spacial score (nSPS) is 18.3. The number of hydrogen-bond acceptors (Lipinski definition) is 3. The molecular weight excluding hydrogens is 314 g/mol. The average Bonchev–Trinajstić information content (AvgIpc) is 2.22. The third-order valence-corrected chi connectivity index (χ3v) is 5.11. The smallest absolute Gasteiger partial charge is 0.147 e. The minimum absolute atomic E-state index is 0.130. The summed E-state index contributed by atoms with van der Waals surface area (Å²) >= 11 is 3.44. The molecule has 1 heterocycles. The van der Waals surface area contributed by atoms with Gasteiger partial charge in [0.25, 0.3) is 0 Å². The summed E-state index contributed by atoms with van der Waals surface area (Å²) in [4.78, 5) is 0. The topological polar surface area (TPSA) is 46.2 Å². The Morgan fingerprint density at radius 2 is 1.89 bits per heavy atom. The van der Waals surface area contributed by atoms with Gasteiger partial charge in [-0.3, -0.25) is 0 Å². The second-order valence-electron chi connectivity index (χ2n) is 5.12. The van der Waals surface area contributed by atoms with Gasteiger partial charge in [-0.2, -0.15) is 0 Å². The van der Waals surface area contributed by atoms with E-state index in [1.54, 1.807) is 0 Å². The Morgan fingerprint density at radius 3 is 2.33 bits per heavy atom. The Kier molecular flexibility index (Phi) is 4.14. The quantitative estimate of drug-likeness (QED) is 0.898. The zero-order valence-corrected chi connectivity index (χ0v) is 12.9. The van der Waals surface area contributed by atoms with Crippen molar-refractivity contribution in [1.82, 2.24) is 5.32 Å². The lowest BCUT2D eigenvalue weighted by Gasteiger charge is -2.43. The van der Waals surface area contributed by atoms with Gasteiger partial charge in [-0.1, -0.05) is 28.1 Å². The van der Waals surface area contributed by atoms with E-state index in [1.165, 1.54) is 11.8 Å². The Labute approximate surface area is 117 Å². The fraction of sp³-hybridized carbons (Fsp3) is 0.538. The molecule has 1 aliphatic heterocycles. The van der Waals surface area contributed by atoms with Crippen LogP contribution in [0.1, 0.15) is 18.4 Å². The molecule has 1 N–H and O–H groups in total. The van der Waals surface area contributed by atoms with E-state index in [0.717, 1.165) is 30.4 Å². The van der Waals surface area contributed by atoms with E-state index in [-0.39, 0.29) is 11.2 Å². The predicted molar refractivity (Wildman–Crippen MR) is 77.6 cm³/mol. The summed E-state index contributed by atoms with van der Waals surface area (Å²) in [6.07, 6.45) is 2.96. The number of hydrogen-bond donors (Lipinski definition) is 1. The highest BCUT2D eigenvalue weighted by Gasteiger charge is 2.38. The predicted octanol–water partition coefficient (Wildman–Crippen LogP) is 2.11. The van der Waals surface area contributed by atoms with Crippen molar-refractivity contribution < 1.29 is 8.42 Å². The zero-order valence-electron chi connectivity index (χ0n) is 10.4. The van der Waals surface area contributed by atoms with Crippen LogP contribution >= 0.6 is 15.9 Å². The summed E-state index contributed by atoms with van der Waals surface area (Å²) in [5.41, 5.74) is 1.43. The third kappa shape index (κ3) is 3.33. The first-order valence-electron chi connectivity index (χ1n) is 6.06. The van der Waals surface area contributed by atoms with Gasteiger partial charge in [0.05, 0.1) is 0 Å². The van der Waals surface area contributed by atoms with Gasteiger partial charge in [-0.05, 0) is 30.5 Å². The summed E-state index contributed by atoms with van der Waals surface area (Å²) in [5, 5.41) is 3.30. The van der Waals surface area contributed by atoms with Gasteiger partial charge in [0.2, 0.25) is 0 Å². The average molecular weight is 332 g/mol. The molecule has 3 nitrogen and oxygen atoms in total. The van der Waals surface area contributed by atoms with Crippen LogP contribution in [-0.2, 0) is 15.3 Å². The summed E-state index contributed by atoms with van der Waals surface area (Å²) in [6.45, 7) is 1.89. The van der Waals surface area contributed by atoms with Crippen molar-refractivity contribution in [3.8, 4) is 0 Å². The van der Waals surface area contributed by atoms with E-state index in [4.69, 9.17) is 0 Å². The molecule has 1 saturated heterocycles. The van der Waals surface area contributed by atoms with E-state index in [1.807, 2.05) is 12.1 Å². The van der Waals surface area contributed by atoms with Crippen molar-refractivity contribution in [2.75, 3.05) is 25.1 Å². The minimum Gasteiger partial charge on any atom is -0.315 e. The molecule has 0 atom stereocenters. The highest BCUT2D eigenvalue weighted by atomic mass is 79.9. The molecule has 0 saturated carbocycles. The first kappa shape index (κ1) is 14.0. The highest BCUT2D eigenvalue weighted by molar-refractivity contribution is 9.10. The molecule has 0 radical (unpaired) electrons. The zero-order chi connectivity index (χ0) is 13.2. The molecule has 2 rings (SSSR count). The molecule has 1 aromatic rings. The molecular formula is C13H18BrNO2S. The van der Waals surface area contributed by atoms with Crippen LogP contribution in [0.2, 0.25) is 0 Å². The fourth-order valence-corrected chi connectivity index (χ4v) is 3.36. The lowest BCUT2D eigenvalue weighted by molar-refractivity contribution is 0.256. The van der Waals surface area contributed by atoms with Gasteiger partial charge >= 0.3 is 0 Å². The largest absolute Gasteiger partial charge is 0.315 e. The summed E-state index contributed by atoms with van der Waals surface area (Å²) in [5.74, 6) is 0.283. The van der Waals surface area contributed by atoms with Crippen LogP contribution in [0.5, 0.6) is 0 Å². The van der Waals surface area contributed by atoms with Gasteiger partial charge in [0.15, 0.2) is 0 Å². The first-order chi connectivity index (χ1) is 8.41. The molecule has 1 aliphatic rings. The van der Waals surface area contributed by atoms with E-state index >= 15 is 0 Å². The van der Waals surface area contributed by atoms with Crippen LogP contribution in [0.15, 0.2) is 28.7 Å². The summed E-state index contributed by atoms with van der Waals surface area (Å²) in [7, 11) is -2.85. The van der Waals surface area contributed by atoms with Crippen LogP contribution in [0, 0.1) is 0 Å². The SMILES string of the molecule is CS(=O)(=O)CCCC1(c2ccc(Br)cc2)CNC1. The van der Waals surface area contributed by atoms with Crippen molar-refractivity contribution >= 4 is 25.8 Å². The summed E-state index contributed by atoms with van der Waals surface area (Å²) in [6, 6.07) is 8.36. The van der Waals surface area contributed by atoms with Gasteiger partial charge < -0.3 is 5.32 Å². The van der Waals surface area contributed by atoms with Crippen molar-refractivity contribution in [2.45, 2.75) is 18.3 Å². The molecule has 5 heteroatoms. The van der Waals surface area contributed by atoms with E-state index in [9.17, 15) is 8.42 Å². The molecule has 0 amide bonds. The first-order valence-corrected chi connectivity index (χ1v) is 8.91. The number of benzene rings is 1. The molecule has 18 heavy (non-hydrogen) atoms. The van der Waals surface area contributed by atoms with Crippen LogP contribution < -0.4 is 5.32 Å². The van der Waals surface area contributed by atoms with Crippen LogP contribution in [0.4, 0.5) is 0 Å². The van der Waals surface area contributed by atoms with Crippen molar-refractivity contribution in [1.29, 1.82) is 0 Å². The van der Waals surface area contributed by atoms with Crippen molar-refractivity contribution in [3.63, 3.8) is 0 Å². The van der Waals surface area contributed by atoms with E-state index in [2.05, 4.69) is 33.4 Å². The highest BCUT2D eigenvalue weighted by Crippen LogP contribution is 2.34. The molecule has 1 aromatic carbocycles. The van der Waals surface area contributed by atoms with E-state index in [0.29, 0.717) is 0 Å². The third-order valence-electron chi connectivity index (χ3n) is 3.55. The summed E-state index contributed by atoms with van der Waals surface area (Å²) < 4.78 is 23.4. The number of halogens is 1. The Bertz CT molecular complexity index is 506. The van der Waals surface area contributed by atoms with Gasteiger partial charge in [0, 0.05) is 35.0 Å². The van der Waals surface area contributed by atoms with E-state index < -0.39 is 9.84 Å². The maximum absolute atomic E-state index is 11.2. The number of rotatable bonds is 5. The fourth-order valence-electron chi connectivity index (χ4n) is 2.43. The lowest BCUT2D eigenvalue weighted by Crippen LogP contribution is -2.56. The molecule has 100 valence electrons. The second kappa shape index (κ2) is 5.31. The monoisotopic (exact) mass is 331 g/mol. The lowest BCUT2D eigenvalue weighted by atomic mass is 9.72. The Morgan fingerprint density at radius 1 is 1.28 bits per heavy atom. The number of sulfone groups is 1. The Balaban J connectivity index is 2.04. The van der Waals surface area contributed by atoms with Crippen LogP contribution in [0.25, 0.3) is 0 Å². The van der Waals surface area contributed by atoms with Gasteiger partial charge in [0.1, 0.15) is 9.84 Å². The second-order valence-corrected chi connectivity index (χ2v) is 8.30. The minimum atomic E-state index is -2.85. The molecule has 0 aliphatic carbocycles.